The molecule has 0 aliphatic rings. The van der Waals surface area contributed by atoms with Crippen LogP contribution in [0.15, 0.2) is 6.07 Å². The van der Waals surface area contributed by atoms with Gasteiger partial charge >= 0.3 is 6.18 Å². The van der Waals surface area contributed by atoms with Crippen molar-refractivity contribution < 1.29 is 22.0 Å². The summed E-state index contributed by atoms with van der Waals surface area (Å²) < 4.78 is 62.9. The Hall–Kier alpha value is -1.18. The van der Waals surface area contributed by atoms with Crippen LogP contribution in [-0.4, -0.2) is 21.7 Å². The van der Waals surface area contributed by atoms with E-state index in [-0.39, 0.29) is 12.1 Å². The van der Waals surface area contributed by atoms with Gasteiger partial charge in [-0.25, -0.2) is 8.78 Å². The van der Waals surface area contributed by atoms with E-state index in [0.717, 1.165) is 17.7 Å². The molecule has 1 atom stereocenters. The minimum atomic E-state index is -4.59. The van der Waals surface area contributed by atoms with E-state index in [1.807, 2.05) is 0 Å². The van der Waals surface area contributed by atoms with Crippen LogP contribution < -0.4 is 5.73 Å². The molecule has 1 heterocycles. The largest absolute Gasteiger partial charge is 0.435 e. The molecule has 0 bridgehead atoms. The van der Waals surface area contributed by atoms with Crippen LogP contribution in [0, 0.1) is 0 Å². The number of hydrogen-bond donors (Lipinski definition) is 1. The van der Waals surface area contributed by atoms with Crippen molar-refractivity contribution in [2.75, 3.05) is 0 Å². The van der Waals surface area contributed by atoms with Crippen LogP contribution in [0.25, 0.3) is 0 Å². The smallest absolute Gasteiger partial charge is 0.320 e. The Morgan fingerprint density at radius 1 is 1.41 bits per heavy atom. The average Bonchev–Trinajstić information content (AvgIpc) is 2.46. The summed E-state index contributed by atoms with van der Waals surface area (Å²) in [5.41, 5.74) is 2.33. The topological polar surface area (TPSA) is 43.8 Å². The maximum atomic E-state index is 12.5. The van der Waals surface area contributed by atoms with Crippen LogP contribution in [0.2, 0.25) is 0 Å². The lowest BCUT2D eigenvalue weighted by Gasteiger charge is -2.23. The molecule has 0 saturated carbocycles. The minimum Gasteiger partial charge on any atom is -0.320 e. The van der Waals surface area contributed by atoms with E-state index in [9.17, 15) is 22.0 Å². The molecule has 0 spiro atoms. The third-order valence-corrected chi connectivity index (χ3v) is 2.33. The van der Waals surface area contributed by atoms with Gasteiger partial charge in [0.15, 0.2) is 5.69 Å². The third kappa shape index (κ3) is 3.15. The first-order chi connectivity index (χ1) is 7.54. The number of hydrogen-bond acceptors (Lipinski definition) is 2. The predicted octanol–water partition coefficient (Wildman–Crippen LogP) is 1.96. The SMILES string of the molecule is Cn1nc(C(F)(F)F)cc1CC(C)(N)C(F)F. The third-order valence-electron chi connectivity index (χ3n) is 2.33. The zero-order valence-corrected chi connectivity index (χ0v) is 9.22. The molecule has 2 N–H and O–H groups in total. The number of nitrogens with zero attached hydrogens (tertiary/aromatic N) is 2. The van der Waals surface area contributed by atoms with Crippen molar-refractivity contribution in [3.63, 3.8) is 0 Å². The van der Waals surface area contributed by atoms with Crippen molar-refractivity contribution in [1.82, 2.24) is 9.78 Å². The van der Waals surface area contributed by atoms with Crippen LogP contribution in [0.3, 0.4) is 0 Å². The summed E-state index contributed by atoms with van der Waals surface area (Å²) in [6.45, 7) is 1.08. The second-order valence-corrected chi connectivity index (χ2v) is 4.13. The number of alkyl halides is 5. The fourth-order valence-corrected chi connectivity index (χ4v) is 1.28. The van der Waals surface area contributed by atoms with E-state index < -0.39 is 23.8 Å². The van der Waals surface area contributed by atoms with Gasteiger partial charge < -0.3 is 5.73 Å². The summed E-state index contributed by atoms with van der Waals surface area (Å²) in [6.07, 6.45) is -7.80. The Kier molecular flexibility index (Phi) is 3.47. The summed E-state index contributed by atoms with van der Waals surface area (Å²) >= 11 is 0. The maximum absolute atomic E-state index is 12.5. The lowest BCUT2D eigenvalue weighted by molar-refractivity contribution is -0.141. The molecule has 1 unspecified atom stereocenters. The van der Waals surface area contributed by atoms with Gasteiger partial charge in [0.1, 0.15) is 0 Å². The Labute approximate surface area is 94.4 Å². The van der Waals surface area contributed by atoms with Crippen molar-refractivity contribution in [2.45, 2.75) is 31.5 Å². The zero-order chi connectivity index (χ0) is 13.4. The van der Waals surface area contributed by atoms with Crippen molar-refractivity contribution in [3.8, 4) is 0 Å². The number of rotatable bonds is 3. The second-order valence-electron chi connectivity index (χ2n) is 4.13. The summed E-state index contributed by atoms with van der Waals surface area (Å²) in [7, 11) is 1.26. The molecular weight excluding hydrogens is 245 g/mol. The van der Waals surface area contributed by atoms with E-state index in [0.29, 0.717) is 0 Å². The molecule has 98 valence electrons. The van der Waals surface area contributed by atoms with Gasteiger partial charge in [0.05, 0.1) is 5.54 Å². The lowest BCUT2D eigenvalue weighted by atomic mass is 9.97. The summed E-state index contributed by atoms with van der Waals surface area (Å²) in [4.78, 5) is 0. The van der Waals surface area contributed by atoms with Gasteiger partial charge in [-0.05, 0) is 13.0 Å². The molecule has 0 amide bonds. The van der Waals surface area contributed by atoms with E-state index in [1.165, 1.54) is 7.05 Å². The molecule has 3 nitrogen and oxygen atoms in total. The molecule has 1 aromatic rings. The fourth-order valence-electron chi connectivity index (χ4n) is 1.28. The van der Waals surface area contributed by atoms with Gasteiger partial charge in [0.25, 0.3) is 6.43 Å². The number of halogens is 5. The molecule has 0 aliphatic carbocycles. The first-order valence-corrected chi connectivity index (χ1v) is 4.71. The number of nitrogens with two attached hydrogens (primary N) is 1. The molecule has 0 fully saturated rings. The highest BCUT2D eigenvalue weighted by molar-refractivity contribution is 5.15. The van der Waals surface area contributed by atoms with E-state index in [1.54, 1.807) is 0 Å². The number of aryl methyl sites for hydroxylation is 1. The predicted molar refractivity (Wildman–Crippen MR) is 50.5 cm³/mol. The van der Waals surface area contributed by atoms with Crippen LogP contribution in [0.1, 0.15) is 18.3 Å². The van der Waals surface area contributed by atoms with Crippen LogP contribution in [0.5, 0.6) is 0 Å². The highest BCUT2D eigenvalue weighted by Crippen LogP contribution is 2.29. The molecule has 17 heavy (non-hydrogen) atoms. The quantitative estimate of drug-likeness (QED) is 0.841. The van der Waals surface area contributed by atoms with Gasteiger partial charge in [0.2, 0.25) is 0 Å². The van der Waals surface area contributed by atoms with Crippen molar-refractivity contribution in [2.24, 2.45) is 12.8 Å². The molecule has 0 radical (unpaired) electrons. The van der Waals surface area contributed by atoms with E-state index in [4.69, 9.17) is 5.73 Å². The van der Waals surface area contributed by atoms with Gasteiger partial charge in [-0.1, -0.05) is 0 Å². The molecule has 8 heteroatoms. The standard InChI is InChI=1S/C9H12F5N3/c1-8(15,7(10)11)4-5-3-6(9(12,13)14)16-17(5)2/h3,7H,4,15H2,1-2H3. The van der Waals surface area contributed by atoms with Crippen LogP contribution in [0.4, 0.5) is 22.0 Å². The summed E-state index contributed by atoms with van der Waals surface area (Å²) in [5.74, 6) is 0. The minimum absolute atomic E-state index is 0.0163. The monoisotopic (exact) mass is 257 g/mol. The van der Waals surface area contributed by atoms with Crippen molar-refractivity contribution >= 4 is 0 Å². The zero-order valence-electron chi connectivity index (χ0n) is 9.22. The Bertz CT molecular complexity index is 394. The second kappa shape index (κ2) is 4.25. The van der Waals surface area contributed by atoms with Gasteiger partial charge in [-0.15, -0.1) is 0 Å². The highest BCUT2D eigenvalue weighted by Gasteiger charge is 2.37. The Morgan fingerprint density at radius 3 is 2.29 bits per heavy atom. The Morgan fingerprint density at radius 2 is 1.94 bits per heavy atom. The Balaban J connectivity index is 2.98. The van der Waals surface area contributed by atoms with Gasteiger partial charge in [-0.3, -0.25) is 4.68 Å². The summed E-state index contributed by atoms with van der Waals surface area (Å²) in [6, 6.07) is 0.730. The molecule has 0 saturated heterocycles. The number of aromatic nitrogens is 2. The fraction of sp³-hybridized carbons (Fsp3) is 0.667. The molecular formula is C9H12F5N3. The molecule has 1 rings (SSSR count). The normalized spacial score (nSPS) is 16.3. The molecule has 1 aromatic heterocycles. The first-order valence-electron chi connectivity index (χ1n) is 4.71. The molecule has 0 aromatic carbocycles. The first kappa shape index (κ1) is 13.9. The summed E-state index contributed by atoms with van der Waals surface area (Å²) in [5, 5.41) is 3.22. The van der Waals surface area contributed by atoms with Crippen LogP contribution in [-0.2, 0) is 19.6 Å². The molecule has 0 aliphatic heterocycles. The highest BCUT2D eigenvalue weighted by atomic mass is 19.4. The van der Waals surface area contributed by atoms with Crippen molar-refractivity contribution in [1.29, 1.82) is 0 Å². The van der Waals surface area contributed by atoms with Crippen molar-refractivity contribution in [3.05, 3.63) is 17.5 Å². The lowest BCUT2D eigenvalue weighted by Crippen LogP contribution is -2.46. The maximum Gasteiger partial charge on any atom is 0.435 e. The van der Waals surface area contributed by atoms with Gasteiger partial charge in [-0.2, -0.15) is 18.3 Å². The average molecular weight is 257 g/mol. The van der Waals surface area contributed by atoms with E-state index in [2.05, 4.69) is 5.10 Å². The van der Waals surface area contributed by atoms with E-state index >= 15 is 0 Å². The van der Waals surface area contributed by atoms with Crippen LogP contribution >= 0.6 is 0 Å². The van der Waals surface area contributed by atoms with Gasteiger partial charge in [0, 0.05) is 19.2 Å².